The Kier molecular flexibility index (Phi) is 4.73. The Morgan fingerprint density at radius 2 is 2.20 bits per heavy atom. The summed E-state index contributed by atoms with van der Waals surface area (Å²) in [5.74, 6) is 1.06. The molecule has 4 nitrogen and oxygen atoms in total. The summed E-state index contributed by atoms with van der Waals surface area (Å²) < 4.78 is 5.61. The molecule has 1 fully saturated rings. The molecule has 1 aromatic carbocycles. The SMILES string of the molecule is Cc1ccc2c(c1)[C@H](NCc1ccc(N3CCO[C@@H](C)C3)nc1)CC2. The molecule has 25 heavy (non-hydrogen) atoms. The Morgan fingerprint density at radius 3 is 3.00 bits per heavy atom. The lowest BCUT2D eigenvalue weighted by molar-refractivity contribution is 0.0529. The Bertz CT molecular complexity index is 728. The van der Waals surface area contributed by atoms with Crippen molar-refractivity contribution in [1.29, 1.82) is 0 Å². The summed E-state index contributed by atoms with van der Waals surface area (Å²) in [5, 5.41) is 3.71. The van der Waals surface area contributed by atoms with Gasteiger partial charge in [0.1, 0.15) is 5.82 Å². The molecular weight excluding hydrogens is 310 g/mol. The highest BCUT2D eigenvalue weighted by Gasteiger charge is 2.22. The number of rotatable bonds is 4. The number of hydrogen-bond acceptors (Lipinski definition) is 4. The summed E-state index contributed by atoms with van der Waals surface area (Å²) in [6.07, 6.45) is 4.66. The molecular formula is C21H27N3O. The van der Waals surface area contributed by atoms with Crippen molar-refractivity contribution in [3.63, 3.8) is 0 Å². The monoisotopic (exact) mass is 337 g/mol. The Hall–Kier alpha value is -1.91. The van der Waals surface area contributed by atoms with Crippen LogP contribution in [0.3, 0.4) is 0 Å². The standard InChI is InChI=1S/C21H27N3O/c1-15-3-5-18-6-7-20(19(18)11-15)22-12-17-4-8-21(23-13-17)24-9-10-25-16(2)14-24/h3-5,8,11,13,16,20,22H,6-7,9-10,12,14H2,1-2H3/t16-,20+/m0/s1. The molecule has 2 aromatic rings. The third kappa shape index (κ3) is 3.70. The van der Waals surface area contributed by atoms with Crippen LogP contribution in [0.4, 0.5) is 5.82 Å². The van der Waals surface area contributed by atoms with Crippen molar-refractivity contribution in [3.05, 3.63) is 58.8 Å². The summed E-state index contributed by atoms with van der Waals surface area (Å²) in [5.41, 5.74) is 5.56. The van der Waals surface area contributed by atoms with Crippen LogP contribution in [-0.2, 0) is 17.7 Å². The van der Waals surface area contributed by atoms with Gasteiger partial charge in [-0.15, -0.1) is 0 Å². The number of aryl methyl sites for hydroxylation is 2. The Balaban J connectivity index is 1.37. The molecule has 1 aliphatic heterocycles. The van der Waals surface area contributed by atoms with E-state index < -0.39 is 0 Å². The molecule has 4 rings (SSSR count). The average molecular weight is 337 g/mol. The fourth-order valence-corrected chi connectivity index (χ4v) is 3.91. The molecule has 2 atom stereocenters. The summed E-state index contributed by atoms with van der Waals surface area (Å²) in [6, 6.07) is 11.6. The van der Waals surface area contributed by atoms with Crippen molar-refractivity contribution in [3.8, 4) is 0 Å². The molecule has 1 aromatic heterocycles. The maximum Gasteiger partial charge on any atom is 0.128 e. The number of ether oxygens (including phenoxy) is 1. The van der Waals surface area contributed by atoms with Crippen molar-refractivity contribution in [2.24, 2.45) is 0 Å². The number of nitrogens with zero attached hydrogens (tertiary/aromatic N) is 2. The fourth-order valence-electron chi connectivity index (χ4n) is 3.91. The van der Waals surface area contributed by atoms with Crippen molar-refractivity contribution < 1.29 is 4.74 Å². The van der Waals surface area contributed by atoms with E-state index in [1.54, 1.807) is 0 Å². The minimum Gasteiger partial charge on any atom is -0.375 e. The van der Waals surface area contributed by atoms with Crippen molar-refractivity contribution in [2.45, 2.75) is 45.4 Å². The molecule has 0 unspecified atom stereocenters. The minimum atomic E-state index is 0.280. The van der Waals surface area contributed by atoms with Gasteiger partial charge in [-0.05, 0) is 49.4 Å². The number of anilines is 1. The number of morpholine rings is 1. The van der Waals surface area contributed by atoms with E-state index in [0.717, 1.165) is 32.1 Å². The zero-order valence-corrected chi connectivity index (χ0v) is 15.2. The molecule has 0 radical (unpaired) electrons. The maximum atomic E-state index is 5.61. The predicted molar refractivity (Wildman–Crippen MR) is 101 cm³/mol. The second-order valence-corrected chi connectivity index (χ2v) is 7.33. The van der Waals surface area contributed by atoms with Crippen LogP contribution in [0.25, 0.3) is 0 Å². The van der Waals surface area contributed by atoms with Gasteiger partial charge in [-0.25, -0.2) is 4.98 Å². The first kappa shape index (κ1) is 16.6. The van der Waals surface area contributed by atoms with Gasteiger partial charge in [0.25, 0.3) is 0 Å². The minimum absolute atomic E-state index is 0.280. The van der Waals surface area contributed by atoms with Crippen LogP contribution in [0.5, 0.6) is 0 Å². The van der Waals surface area contributed by atoms with Crippen molar-refractivity contribution >= 4 is 5.82 Å². The maximum absolute atomic E-state index is 5.61. The second kappa shape index (κ2) is 7.14. The molecule has 4 heteroatoms. The van der Waals surface area contributed by atoms with E-state index in [1.165, 1.54) is 35.1 Å². The molecule has 1 saturated heterocycles. The first-order valence-electron chi connectivity index (χ1n) is 9.33. The zero-order chi connectivity index (χ0) is 17.2. The lowest BCUT2D eigenvalue weighted by Crippen LogP contribution is -2.41. The van der Waals surface area contributed by atoms with Gasteiger partial charge in [0.15, 0.2) is 0 Å². The summed E-state index contributed by atoms with van der Waals surface area (Å²) in [6.45, 7) is 7.78. The van der Waals surface area contributed by atoms with Crippen LogP contribution in [0.2, 0.25) is 0 Å². The second-order valence-electron chi connectivity index (χ2n) is 7.33. The van der Waals surface area contributed by atoms with E-state index in [9.17, 15) is 0 Å². The van der Waals surface area contributed by atoms with Crippen LogP contribution < -0.4 is 10.2 Å². The number of fused-ring (bicyclic) bond motifs is 1. The predicted octanol–water partition coefficient (Wildman–Crippen LogP) is 3.39. The summed E-state index contributed by atoms with van der Waals surface area (Å²) >= 11 is 0. The Labute approximate surface area is 150 Å². The van der Waals surface area contributed by atoms with Crippen molar-refractivity contribution in [2.75, 3.05) is 24.6 Å². The first-order chi connectivity index (χ1) is 12.2. The summed E-state index contributed by atoms with van der Waals surface area (Å²) in [7, 11) is 0. The molecule has 132 valence electrons. The van der Waals surface area contributed by atoms with Gasteiger partial charge < -0.3 is 15.0 Å². The van der Waals surface area contributed by atoms with Crippen LogP contribution in [0.15, 0.2) is 36.5 Å². The molecule has 2 heterocycles. The molecule has 2 aliphatic rings. The number of benzene rings is 1. The lowest BCUT2D eigenvalue weighted by Gasteiger charge is -2.32. The van der Waals surface area contributed by atoms with E-state index in [1.807, 2.05) is 6.20 Å². The highest BCUT2D eigenvalue weighted by Crippen LogP contribution is 2.32. The molecule has 0 spiro atoms. The van der Waals surface area contributed by atoms with Gasteiger partial charge >= 0.3 is 0 Å². The average Bonchev–Trinajstić information content (AvgIpc) is 3.02. The smallest absolute Gasteiger partial charge is 0.128 e. The van der Waals surface area contributed by atoms with Crippen LogP contribution in [-0.4, -0.2) is 30.8 Å². The lowest BCUT2D eigenvalue weighted by atomic mass is 10.0. The third-order valence-electron chi connectivity index (χ3n) is 5.31. The van der Waals surface area contributed by atoms with Gasteiger partial charge in [-0.3, -0.25) is 0 Å². The van der Waals surface area contributed by atoms with Gasteiger partial charge in [0.2, 0.25) is 0 Å². The molecule has 0 amide bonds. The summed E-state index contributed by atoms with van der Waals surface area (Å²) in [4.78, 5) is 6.98. The molecule has 0 saturated carbocycles. The third-order valence-corrected chi connectivity index (χ3v) is 5.31. The van der Waals surface area contributed by atoms with E-state index in [-0.39, 0.29) is 6.10 Å². The van der Waals surface area contributed by atoms with Gasteiger partial charge in [-0.1, -0.05) is 29.8 Å². The zero-order valence-electron chi connectivity index (χ0n) is 15.2. The van der Waals surface area contributed by atoms with E-state index in [0.29, 0.717) is 6.04 Å². The topological polar surface area (TPSA) is 37.4 Å². The fraction of sp³-hybridized carbons (Fsp3) is 0.476. The first-order valence-corrected chi connectivity index (χ1v) is 9.33. The van der Waals surface area contributed by atoms with Gasteiger partial charge in [0, 0.05) is 31.9 Å². The van der Waals surface area contributed by atoms with E-state index >= 15 is 0 Å². The molecule has 0 bridgehead atoms. The van der Waals surface area contributed by atoms with Crippen LogP contribution in [0.1, 0.15) is 41.6 Å². The Morgan fingerprint density at radius 1 is 1.28 bits per heavy atom. The van der Waals surface area contributed by atoms with E-state index in [2.05, 4.69) is 59.4 Å². The van der Waals surface area contributed by atoms with Crippen LogP contribution >= 0.6 is 0 Å². The molecule has 1 N–H and O–H groups in total. The van der Waals surface area contributed by atoms with Crippen LogP contribution in [0, 0.1) is 6.92 Å². The number of aromatic nitrogens is 1. The largest absolute Gasteiger partial charge is 0.375 e. The van der Waals surface area contributed by atoms with E-state index in [4.69, 9.17) is 4.74 Å². The number of pyridine rings is 1. The quantitative estimate of drug-likeness (QED) is 0.928. The number of hydrogen-bond donors (Lipinski definition) is 1. The van der Waals surface area contributed by atoms with Gasteiger partial charge in [0.05, 0.1) is 12.7 Å². The highest BCUT2D eigenvalue weighted by atomic mass is 16.5. The molecule has 1 aliphatic carbocycles. The highest BCUT2D eigenvalue weighted by molar-refractivity contribution is 5.40. The van der Waals surface area contributed by atoms with Gasteiger partial charge in [-0.2, -0.15) is 0 Å². The van der Waals surface area contributed by atoms with Crippen molar-refractivity contribution in [1.82, 2.24) is 10.3 Å². The normalized spacial score (nSPS) is 22.9. The number of nitrogens with one attached hydrogen (secondary N) is 1.